The van der Waals surface area contributed by atoms with Crippen LogP contribution in [0, 0.1) is 0 Å². The molecule has 1 heteroatoms. The lowest BCUT2D eigenvalue weighted by molar-refractivity contribution is 0.768. The van der Waals surface area contributed by atoms with Gasteiger partial charge in [-0.05, 0) is 109 Å². The smallest absolute Gasteiger partial charge is 0.0714 e. The summed E-state index contributed by atoms with van der Waals surface area (Å²) >= 11 is 0. The minimum absolute atomic E-state index is 0.0563. The van der Waals surface area contributed by atoms with Gasteiger partial charge in [-0.1, -0.05) is 207 Å². The first kappa shape index (κ1) is 30.7. The third-order valence-corrected chi connectivity index (χ3v) is 10.9. The number of nitrogens with zero attached hydrogens (tertiary/aromatic N) is 1. The first-order chi connectivity index (χ1) is 30.8. The summed E-state index contributed by atoms with van der Waals surface area (Å²) < 4.78 is 47.9. The Hall–Kier alpha value is -7.48. The number of hydrogen-bond acceptors (Lipinski definition) is 1. The molecule has 0 spiro atoms. The molecule has 0 radical (unpaired) electrons. The van der Waals surface area contributed by atoms with E-state index in [1.54, 1.807) is 36.4 Å². The quantitative estimate of drug-likeness (QED) is 0.119. The molecule has 0 aromatic heterocycles. The molecule has 9 rings (SSSR count). The van der Waals surface area contributed by atoms with Gasteiger partial charge in [0.15, 0.2) is 0 Å². The van der Waals surface area contributed by atoms with Crippen LogP contribution in [0.25, 0.3) is 45.5 Å². The topological polar surface area (TPSA) is 3.24 Å². The fraction of sp³-hybridized carbons (Fsp3) is 0.0175. The Bertz CT molecular complexity index is 3030. The number of hydrogen-bond donors (Lipinski definition) is 0. The fourth-order valence-corrected chi connectivity index (χ4v) is 8.28. The average molecular weight is 747 g/mol. The Morgan fingerprint density at radius 1 is 0.414 bits per heavy atom. The number of allylic oxidation sites excluding steroid dienone is 4. The van der Waals surface area contributed by atoms with Gasteiger partial charge in [-0.2, -0.15) is 0 Å². The second-order valence-electron chi connectivity index (χ2n) is 14.2. The van der Waals surface area contributed by atoms with E-state index >= 15 is 0 Å². The molecule has 1 nitrogen and oxygen atoms in total. The summed E-state index contributed by atoms with van der Waals surface area (Å²) in [4.78, 5) is 1.87. The third-order valence-electron chi connectivity index (χ3n) is 10.9. The Kier molecular flexibility index (Phi) is 8.44. The van der Waals surface area contributed by atoms with Crippen molar-refractivity contribution in [1.29, 1.82) is 0 Å². The second-order valence-corrected chi connectivity index (χ2v) is 14.2. The Morgan fingerprint density at radius 2 is 1.00 bits per heavy atom. The van der Waals surface area contributed by atoms with Crippen LogP contribution in [-0.2, 0) is 5.41 Å². The molecule has 1 aliphatic carbocycles. The Balaban J connectivity index is 1.32. The lowest BCUT2D eigenvalue weighted by Gasteiger charge is -2.35. The van der Waals surface area contributed by atoms with Gasteiger partial charge in [0, 0.05) is 17.1 Å². The van der Waals surface area contributed by atoms with Crippen LogP contribution in [0.15, 0.2) is 238 Å². The van der Waals surface area contributed by atoms with Crippen molar-refractivity contribution < 1.29 is 6.85 Å². The van der Waals surface area contributed by atoms with E-state index in [4.69, 9.17) is 1.37 Å². The van der Waals surface area contributed by atoms with E-state index in [0.717, 1.165) is 55.6 Å². The summed E-state index contributed by atoms with van der Waals surface area (Å²) in [6, 6.07) is 56.5. The van der Waals surface area contributed by atoms with Gasteiger partial charge in [-0.15, -0.1) is 0 Å². The van der Waals surface area contributed by atoms with Crippen molar-refractivity contribution in [1.82, 2.24) is 0 Å². The van der Waals surface area contributed by atoms with Crippen LogP contribution in [0.3, 0.4) is 0 Å². The predicted molar refractivity (Wildman–Crippen MR) is 248 cm³/mol. The van der Waals surface area contributed by atoms with E-state index in [9.17, 15) is 5.48 Å². The molecule has 58 heavy (non-hydrogen) atoms. The van der Waals surface area contributed by atoms with E-state index in [0.29, 0.717) is 16.9 Å². The molecule has 0 heterocycles. The summed E-state index contributed by atoms with van der Waals surface area (Å²) in [6.45, 7) is 7.59. The number of fused-ring (bicyclic) bond motifs is 3. The van der Waals surface area contributed by atoms with Crippen molar-refractivity contribution in [2.45, 2.75) is 5.41 Å². The van der Waals surface area contributed by atoms with Gasteiger partial charge in [0.1, 0.15) is 0 Å². The Morgan fingerprint density at radius 3 is 1.69 bits per heavy atom. The normalized spacial score (nSPS) is 13.8. The third kappa shape index (κ3) is 6.53. The molecule has 0 saturated heterocycles. The molecule has 0 atom stereocenters. The maximum absolute atomic E-state index is 9.80. The van der Waals surface area contributed by atoms with Crippen LogP contribution in [0.1, 0.15) is 40.2 Å². The van der Waals surface area contributed by atoms with Crippen LogP contribution in [0.5, 0.6) is 0 Å². The van der Waals surface area contributed by atoms with E-state index in [1.807, 2.05) is 89.8 Å². The summed E-state index contributed by atoms with van der Waals surface area (Å²) in [5, 5.41) is 0. The summed E-state index contributed by atoms with van der Waals surface area (Å²) in [5.41, 5.74) is 11.1. The monoisotopic (exact) mass is 746 g/mol. The molecule has 0 saturated carbocycles. The SMILES string of the molecule is [2H]c1cc(/C=C\C=C)c(/C=C\C=C)cc1-c1c([2H])c([2H])c(N(c2cccc(-c3ccccc3)c2)c2ccc3c(c2)C(c2ccccc2)(c2ccccc2)c2ccccc2-3)c([2H])c1[2H]. The zero-order chi connectivity index (χ0) is 43.7. The lowest BCUT2D eigenvalue weighted by Crippen LogP contribution is -2.28. The number of benzene rings is 8. The molecule has 0 unspecified atom stereocenters. The van der Waals surface area contributed by atoms with Crippen LogP contribution < -0.4 is 4.90 Å². The molecule has 1 aliphatic rings. The highest BCUT2D eigenvalue weighted by atomic mass is 15.1. The van der Waals surface area contributed by atoms with Crippen LogP contribution in [0.2, 0.25) is 0 Å². The number of rotatable bonds is 11. The van der Waals surface area contributed by atoms with E-state index in [2.05, 4.69) is 98.1 Å². The number of anilines is 3. The van der Waals surface area contributed by atoms with Gasteiger partial charge in [-0.25, -0.2) is 0 Å². The van der Waals surface area contributed by atoms with Gasteiger partial charge < -0.3 is 4.90 Å². The zero-order valence-corrected chi connectivity index (χ0v) is 32.0. The molecule has 0 aliphatic heterocycles. The molecule has 276 valence electrons. The molecule has 0 amide bonds. The molecular formula is C57H43N. The van der Waals surface area contributed by atoms with Gasteiger partial charge in [0.25, 0.3) is 0 Å². The molecule has 0 fully saturated rings. The summed E-state index contributed by atoms with van der Waals surface area (Å²) in [7, 11) is 0. The van der Waals surface area contributed by atoms with Gasteiger partial charge in [0.2, 0.25) is 0 Å². The van der Waals surface area contributed by atoms with E-state index in [-0.39, 0.29) is 41.5 Å². The molecule has 0 bridgehead atoms. The maximum Gasteiger partial charge on any atom is 0.0714 e. The minimum Gasteiger partial charge on any atom is -0.310 e. The van der Waals surface area contributed by atoms with Crippen LogP contribution in [0.4, 0.5) is 17.1 Å². The van der Waals surface area contributed by atoms with Crippen molar-refractivity contribution in [3.8, 4) is 33.4 Å². The molecule has 8 aromatic carbocycles. The minimum atomic E-state index is -0.712. The second kappa shape index (κ2) is 15.9. The van der Waals surface area contributed by atoms with Gasteiger partial charge >= 0.3 is 0 Å². The molecule has 0 N–H and O–H groups in total. The van der Waals surface area contributed by atoms with Gasteiger partial charge in [0.05, 0.1) is 12.3 Å². The highest BCUT2D eigenvalue weighted by Crippen LogP contribution is 2.57. The van der Waals surface area contributed by atoms with E-state index < -0.39 is 5.41 Å². The first-order valence-corrected chi connectivity index (χ1v) is 19.4. The van der Waals surface area contributed by atoms with Gasteiger partial charge in [-0.3, -0.25) is 0 Å². The average Bonchev–Trinajstić information content (AvgIpc) is 3.63. The van der Waals surface area contributed by atoms with Crippen LogP contribution in [-0.4, -0.2) is 0 Å². The molecule has 8 aromatic rings. The molecular weight excluding hydrogens is 699 g/mol. The fourth-order valence-electron chi connectivity index (χ4n) is 8.28. The van der Waals surface area contributed by atoms with Crippen molar-refractivity contribution >= 4 is 29.2 Å². The predicted octanol–water partition coefficient (Wildman–Crippen LogP) is 15.3. The summed E-state index contributed by atoms with van der Waals surface area (Å²) in [6.07, 6.45) is 10.6. The highest BCUT2D eigenvalue weighted by Gasteiger charge is 2.46. The van der Waals surface area contributed by atoms with Crippen molar-refractivity contribution in [3.63, 3.8) is 0 Å². The largest absolute Gasteiger partial charge is 0.310 e. The first-order valence-electron chi connectivity index (χ1n) is 21.9. The van der Waals surface area contributed by atoms with Crippen molar-refractivity contribution in [3.05, 3.63) is 271 Å². The summed E-state index contributed by atoms with van der Waals surface area (Å²) in [5.74, 6) is 0. The lowest BCUT2D eigenvalue weighted by atomic mass is 9.67. The van der Waals surface area contributed by atoms with Crippen molar-refractivity contribution in [2.24, 2.45) is 0 Å². The van der Waals surface area contributed by atoms with Crippen LogP contribution >= 0.6 is 0 Å². The highest BCUT2D eigenvalue weighted by molar-refractivity contribution is 5.90. The zero-order valence-electron chi connectivity index (χ0n) is 37.0. The van der Waals surface area contributed by atoms with Crippen molar-refractivity contribution in [2.75, 3.05) is 4.90 Å². The maximum atomic E-state index is 9.80. The Labute approximate surface area is 349 Å². The van der Waals surface area contributed by atoms with E-state index in [1.165, 1.54) is 0 Å². The standard InChI is InChI=1S/C57H43N/c1-3-5-19-43-31-32-47(39-45(43)20-6-4-2)44-33-35-50(36-34-44)58(51-28-18-23-46(40-51)42-21-10-7-11-22-42)52-37-38-54-53-29-16-17-30-55(53)57(56(54)41-52,48-24-12-8-13-25-48)49-26-14-9-15-27-49/h3-41H,1-2H2/b19-5-,20-6-/i32D,33D,34D,35D,36D.